The highest BCUT2D eigenvalue weighted by Crippen LogP contribution is 2.28. The molecule has 0 aliphatic heterocycles. The standard InChI is InChI=1S/C19H17ClN4OS/c1-13-21-11-14(12-22-13)7-8-15-9-10-18(23-19(15)25-2)24-26-17-6-4-3-5-16(17)20/h3-12H,1-2H3,(H,23,24)/b8-7+. The van der Waals surface area contributed by atoms with E-state index in [-0.39, 0.29) is 0 Å². The molecule has 132 valence electrons. The van der Waals surface area contributed by atoms with Crippen molar-refractivity contribution in [3.8, 4) is 5.88 Å². The van der Waals surface area contributed by atoms with Gasteiger partial charge in [0.05, 0.1) is 12.1 Å². The minimum atomic E-state index is 0.527. The first-order chi connectivity index (χ1) is 12.7. The van der Waals surface area contributed by atoms with E-state index in [9.17, 15) is 0 Å². The summed E-state index contributed by atoms with van der Waals surface area (Å²) in [6.07, 6.45) is 7.39. The van der Waals surface area contributed by atoms with Crippen LogP contribution in [0, 0.1) is 6.92 Å². The molecule has 0 amide bonds. The van der Waals surface area contributed by atoms with E-state index in [4.69, 9.17) is 16.3 Å². The summed E-state index contributed by atoms with van der Waals surface area (Å²) in [5.41, 5.74) is 1.77. The number of benzene rings is 1. The fourth-order valence-electron chi connectivity index (χ4n) is 2.11. The lowest BCUT2D eigenvalue weighted by Crippen LogP contribution is -1.96. The van der Waals surface area contributed by atoms with Gasteiger partial charge in [-0.1, -0.05) is 29.8 Å². The van der Waals surface area contributed by atoms with Gasteiger partial charge in [0.15, 0.2) is 0 Å². The molecule has 0 unspecified atom stereocenters. The zero-order valence-electron chi connectivity index (χ0n) is 14.3. The Bertz CT molecular complexity index is 916. The van der Waals surface area contributed by atoms with Crippen LogP contribution in [0.2, 0.25) is 5.02 Å². The number of halogens is 1. The number of hydrogen-bond donors (Lipinski definition) is 1. The molecule has 0 spiro atoms. The fourth-order valence-corrected chi connectivity index (χ4v) is 3.00. The molecule has 0 radical (unpaired) electrons. The normalized spacial score (nSPS) is 10.9. The zero-order chi connectivity index (χ0) is 18.4. The monoisotopic (exact) mass is 384 g/mol. The Balaban J connectivity index is 1.73. The highest BCUT2D eigenvalue weighted by Gasteiger charge is 2.06. The maximum Gasteiger partial charge on any atom is 0.222 e. The van der Waals surface area contributed by atoms with Crippen molar-refractivity contribution < 1.29 is 4.74 Å². The quantitative estimate of drug-likeness (QED) is 0.594. The molecule has 26 heavy (non-hydrogen) atoms. The molecule has 0 saturated heterocycles. The van der Waals surface area contributed by atoms with Crippen molar-refractivity contribution in [2.24, 2.45) is 0 Å². The molecule has 0 aliphatic rings. The average molecular weight is 385 g/mol. The number of pyridine rings is 1. The van der Waals surface area contributed by atoms with E-state index in [1.165, 1.54) is 11.9 Å². The summed E-state index contributed by atoms with van der Waals surface area (Å²) in [7, 11) is 1.60. The van der Waals surface area contributed by atoms with E-state index in [0.717, 1.165) is 21.8 Å². The Labute approximate surface area is 161 Å². The van der Waals surface area contributed by atoms with Crippen LogP contribution in [-0.2, 0) is 0 Å². The average Bonchev–Trinajstić information content (AvgIpc) is 2.67. The van der Waals surface area contributed by atoms with Crippen LogP contribution in [0.3, 0.4) is 0 Å². The molecule has 0 atom stereocenters. The van der Waals surface area contributed by atoms with Crippen LogP contribution < -0.4 is 9.46 Å². The Kier molecular flexibility index (Phi) is 6.09. The highest BCUT2D eigenvalue weighted by atomic mass is 35.5. The van der Waals surface area contributed by atoms with Crippen molar-refractivity contribution in [3.05, 3.63) is 70.8 Å². The second-order valence-electron chi connectivity index (χ2n) is 5.33. The molecule has 0 aliphatic carbocycles. The number of anilines is 1. The number of methoxy groups -OCH3 is 1. The summed E-state index contributed by atoms with van der Waals surface area (Å²) in [6.45, 7) is 1.85. The molecule has 0 saturated carbocycles. The van der Waals surface area contributed by atoms with Gasteiger partial charge in [-0.25, -0.2) is 9.97 Å². The minimum Gasteiger partial charge on any atom is -0.481 e. The lowest BCUT2D eigenvalue weighted by atomic mass is 10.2. The van der Waals surface area contributed by atoms with Crippen LogP contribution in [0.4, 0.5) is 5.82 Å². The van der Waals surface area contributed by atoms with Gasteiger partial charge in [0.1, 0.15) is 11.6 Å². The molecular weight excluding hydrogens is 368 g/mol. The van der Waals surface area contributed by atoms with Crippen molar-refractivity contribution in [1.29, 1.82) is 0 Å². The smallest absolute Gasteiger partial charge is 0.222 e. The third kappa shape index (κ3) is 4.74. The van der Waals surface area contributed by atoms with Crippen molar-refractivity contribution in [3.63, 3.8) is 0 Å². The molecule has 1 N–H and O–H groups in total. The Morgan fingerprint density at radius 1 is 1.08 bits per heavy atom. The van der Waals surface area contributed by atoms with Gasteiger partial charge in [-0.2, -0.15) is 4.98 Å². The van der Waals surface area contributed by atoms with E-state index in [1.807, 2.05) is 55.5 Å². The molecule has 2 aromatic heterocycles. The summed E-state index contributed by atoms with van der Waals surface area (Å²) >= 11 is 7.56. The fraction of sp³-hybridized carbons (Fsp3) is 0.105. The molecule has 0 bridgehead atoms. The van der Waals surface area contributed by atoms with Crippen LogP contribution in [-0.4, -0.2) is 22.1 Å². The first-order valence-electron chi connectivity index (χ1n) is 7.85. The van der Waals surface area contributed by atoms with Crippen molar-refractivity contribution >= 4 is 41.5 Å². The van der Waals surface area contributed by atoms with Gasteiger partial charge in [0.25, 0.3) is 0 Å². The lowest BCUT2D eigenvalue weighted by Gasteiger charge is -2.09. The Morgan fingerprint density at radius 2 is 1.85 bits per heavy atom. The van der Waals surface area contributed by atoms with Crippen molar-refractivity contribution in [2.75, 3.05) is 11.8 Å². The number of ether oxygens (including phenoxy) is 1. The van der Waals surface area contributed by atoms with Gasteiger partial charge in [-0.15, -0.1) is 0 Å². The van der Waals surface area contributed by atoms with Gasteiger partial charge in [0, 0.05) is 28.4 Å². The maximum absolute atomic E-state index is 6.16. The predicted molar refractivity (Wildman–Crippen MR) is 107 cm³/mol. The lowest BCUT2D eigenvalue weighted by molar-refractivity contribution is 0.397. The van der Waals surface area contributed by atoms with E-state index < -0.39 is 0 Å². The van der Waals surface area contributed by atoms with Crippen molar-refractivity contribution in [2.45, 2.75) is 11.8 Å². The molecule has 5 nitrogen and oxygen atoms in total. The molecular formula is C19H17ClN4OS. The van der Waals surface area contributed by atoms with Crippen LogP contribution in [0.15, 0.2) is 53.7 Å². The van der Waals surface area contributed by atoms with Gasteiger partial charge in [0.2, 0.25) is 5.88 Å². The largest absolute Gasteiger partial charge is 0.481 e. The van der Waals surface area contributed by atoms with Gasteiger partial charge in [-0.05, 0) is 49.2 Å². The van der Waals surface area contributed by atoms with Gasteiger partial charge < -0.3 is 9.46 Å². The van der Waals surface area contributed by atoms with Crippen LogP contribution in [0.5, 0.6) is 5.88 Å². The molecule has 0 fully saturated rings. The Hall–Kier alpha value is -2.57. The third-order valence-corrected chi connectivity index (χ3v) is 4.77. The summed E-state index contributed by atoms with van der Waals surface area (Å²) in [6, 6.07) is 11.4. The molecule has 1 aromatic carbocycles. The summed E-state index contributed by atoms with van der Waals surface area (Å²) < 4.78 is 8.58. The van der Waals surface area contributed by atoms with E-state index in [1.54, 1.807) is 19.5 Å². The van der Waals surface area contributed by atoms with E-state index >= 15 is 0 Å². The topological polar surface area (TPSA) is 59.9 Å². The SMILES string of the molecule is COc1nc(NSc2ccccc2Cl)ccc1/C=C/c1cnc(C)nc1. The van der Waals surface area contributed by atoms with Gasteiger partial charge in [-0.3, -0.25) is 0 Å². The third-order valence-electron chi connectivity index (χ3n) is 3.44. The van der Waals surface area contributed by atoms with Crippen molar-refractivity contribution in [1.82, 2.24) is 15.0 Å². The first-order valence-corrected chi connectivity index (χ1v) is 9.04. The number of hydrogen-bond acceptors (Lipinski definition) is 6. The second kappa shape index (κ2) is 8.69. The molecule has 7 heteroatoms. The molecule has 3 aromatic rings. The van der Waals surface area contributed by atoms with E-state index in [2.05, 4.69) is 19.7 Å². The second-order valence-corrected chi connectivity index (χ2v) is 6.58. The molecule has 2 heterocycles. The predicted octanol–water partition coefficient (Wildman–Crippen LogP) is 5.13. The number of rotatable bonds is 6. The number of aryl methyl sites for hydroxylation is 1. The highest BCUT2D eigenvalue weighted by molar-refractivity contribution is 8.00. The van der Waals surface area contributed by atoms with Crippen LogP contribution in [0.1, 0.15) is 17.0 Å². The zero-order valence-corrected chi connectivity index (χ0v) is 15.9. The number of nitrogens with one attached hydrogen (secondary N) is 1. The first kappa shape index (κ1) is 18.2. The Morgan fingerprint density at radius 3 is 2.58 bits per heavy atom. The van der Waals surface area contributed by atoms with Crippen LogP contribution >= 0.6 is 23.5 Å². The minimum absolute atomic E-state index is 0.527. The summed E-state index contributed by atoms with van der Waals surface area (Å²) in [5.74, 6) is 1.95. The molecule has 3 rings (SSSR count). The summed E-state index contributed by atoms with van der Waals surface area (Å²) in [4.78, 5) is 13.8. The van der Waals surface area contributed by atoms with E-state index in [0.29, 0.717) is 16.7 Å². The number of aromatic nitrogens is 3. The maximum atomic E-state index is 6.16. The van der Waals surface area contributed by atoms with Gasteiger partial charge >= 0.3 is 0 Å². The summed E-state index contributed by atoms with van der Waals surface area (Å²) in [5, 5.41) is 0.692. The number of nitrogens with zero attached hydrogens (tertiary/aromatic N) is 3. The van der Waals surface area contributed by atoms with Crippen LogP contribution in [0.25, 0.3) is 12.2 Å².